The fourth-order valence-corrected chi connectivity index (χ4v) is 2.29. The molecule has 106 valence electrons. The molecular weight excluding hydrogens is 286 g/mol. The van der Waals surface area contributed by atoms with Gasteiger partial charge in [0.25, 0.3) is 0 Å². The van der Waals surface area contributed by atoms with Crippen molar-refractivity contribution in [3.63, 3.8) is 0 Å². The minimum absolute atomic E-state index is 0.471. The summed E-state index contributed by atoms with van der Waals surface area (Å²) in [5.74, 6) is 0.568. The third-order valence-electron chi connectivity index (χ3n) is 3.50. The number of halogens is 1. The quantitative estimate of drug-likeness (QED) is 0.738. The van der Waals surface area contributed by atoms with Gasteiger partial charge in [-0.15, -0.1) is 5.10 Å². The van der Waals surface area contributed by atoms with Crippen molar-refractivity contribution in [3.05, 3.63) is 52.5 Å². The summed E-state index contributed by atoms with van der Waals surface area (Å²) in [6.45, 7) is 4.12. The van der Waals surface area contributed by atoms with Crippen molar-refractivity contribution in [3.8, 4) is 17.1 Å². The number of nitrogen functional groups attached to an aromatic ring is 1. The zero-order valence-corrected chi connectivity index (χ0v) is 12.5. The third kappa shape index (κ3) is 2.36. The zero-order valence-electron chi connectivity index (χ0n) is 11.7. The van der Waals surface area contributed by atoms with Crippen LogP contribution in [0.5, 0.6) is 0 Å². The molecule has 1 aromatic heterocycles. The fourth-order valence-electron chi connectivity index (χ4n) is 2.12. The van der Waals surface area contributed by atoms with Crippen molar-refractivity contribution in [1.29, 1.82) is 0 Å². The van der Waals surface area contributed by atoms with Crippen LogP contribution in [-0.4, -0.2) is 20.2 Å². The molecule has 0 bridgehead atoms. The molecule has 0 radical (unpaired) electrons. The highest BCUT2D eigenvalue weighted by Crippen LogP contribution is 2.30. The first-order valence-corrected chi connectivity index (χ1v) is 6.86. The molecule has 5 nitrogen and oxygen atoms in total. The molecule has 6 heteroatoms. The van der Waals surface area contributed by atoms with Gasteiger partial charge in [-0.25, -0.2) is 0 Å². The number of nitrogens with two attached hydrogens (primary N) is 1. The first kappa shape index (κ1) is 13.6. The van der Waals surface area contributed by atoms with E-state index in [1.165, 1.54) is 11.1 Å². The minimum atomic E-state index is 0.471. The Kier molecular flexibility index (Phi) is 3.35. The molecule has 21 heavy (non-hydrogen) atoms. The van der Waals surface area contributed by atoms with Gasteiger partial charge < -0.3 is 5.73 Å². The highest BCUT2D eigenvalue weighted by molar-refractivity contribution is 6.33. The van der Waals surface area contributed by atoms with E-state index in [2.05, 4.69) is 29.4 Å². The van der Waals surface area contributed by atoms with Gasteiger partial charge in [-0.05, 0) is 59.7 Å². The van der Waals surface area contributed by atoms with Crippen molar-refractivity contribution in [2.75, 3.05) is 5.73 Å². The highest BCUT2D eigenvalue weighted by Gasteiger charge is 2.15. The lowest BCUT2D eigenvalue weighted by atomic mass is 10.1. The van der Waals surface area contributed by atoms with E-state index in [-0.39, 0.29) is 0 Å². The molecule has 0 saturated carbocycles. The Labute approximate surface area is 127 Å². The van der Waals surface area contributed by atoms with Crippen LogP contribution in [0.15, 0.2) is 36.4 Å². The van der Waals surface area contributed by atoms with Crippen LogP contribution in [-0.2, 0) is 0 Å². The Balaban J connectivity index is 2.17. The second-order valence-electron chi connectivity index (χ2n) is 4.88. The second-order valence-corrected chi connectivity index (χ2v) is 5.29. The molecule has 0 fully saturated rings. The molecule has 0 saturated heterocycles. The zero-order chi connectivity index (χ0) is 15.0. The first-order valence-electron chi connectivity index (χ1n) is 6.48. The molecule has 0 amide bonds. The molecule has 0 unspecified atom stereocenters. The van der Waals surface area contributed by atoms with E-state index in [0.717, 1.165) is 5.69 Å². The van der Waals surface area contributed by atoms with Gasteiger partial charge >= 0.3 is 0 Å². The summed E-state index contributed by atoms with van der Waals surface area (Å²) in [5.41, 5.74) is 10.5. The van der Waals surface area contributed by atoms with Crippen LogP contribution in [0.1, 0.15) is 11.1 Å². The molecule has 1 heterocycles. The Morgan fingerprint density at radius 2 is 1.90 bits per heavy atom. The summed E-state index contributed by atoms with van der Waals surface area (Å²) >= 11 is 6.07. The maximum absolute atomic E-state index is 6.07. The van der Waals surface area contributed by atoms with Gasteiger partial charge in [0.15, 0.2) is 5.82 Å². The molecule has 3 rings (SSSR count). The average molecular weight is 300 g/mol. The normalized spacial score (nSPS) is 10.8. The molecule has 0 spiro atoms. The Morgan fingerprint density at radius 3 is 2.67 bits per heavy atom. The Bertz CT molecular complexity index is 810. The molecule has 0 atom stereocenters. The van der Waals surface area contributed by atoms with Crippen molar-refractivity contribution in [2.24, 2.45) is 0 Å². The average Bonchev–Trinajstić information content (AvgIpc) is 2.94. The number of benzene rings is 2. The third-order valence-corrected chi connectivity index (χ3v) is 3.83. The summed E-state index contributed by atoms with van der Waals surface area (Å²) < 4.78 is 1.66. The van der Waals surface area contributed by atoms with Gasteiger partial charge in [-0.2, -0.15) is 4.68 Å². The fraction of sp³-hybridized carbons (Fsp3) is 0.133. The Morgan fingerprint density at radius 1 is 1.10 bits per heavy atom. The Hall–Kier alpha value is -2.40. The highest BCUT2D eigenvalue weighted by atomic mass is 35.5. The molecule has 2 N–H and O–H groups in total. The SMILES string of the molecule is Cc1ccc(-n2nnnc2-c2cccc(Cl)c2N)cc1C. The molecule has 3 aromatic rings. The lowest BCUT2D eigenvalue weighted by Crippen LogP contribution is -2.02. The molecule has 2 aromatic carbocycles. The predicted molar refractivity (Wildman–Crippen MR) is 83.5 cm³/mol. The van der Waals surface area contributed by atoms with E-state index in [1.54, 1.807) is 10.7 Å². The second kappa shape index (κ2) is 5.18. The maximum atomic E-state index is 6.07. The number of aryl methyl sites for hydroxylation is 2. The van der Waals surface area contributed by atoms with E-state index >= 15 is 0 Å². The number of hydrogen-bond acceptors (Lipinski definition) is 4. The lowest BCUT2D eigenvalue weighted by Gasteiger charge is -2.09. The largest absolute Gasteiger partial charge is 0.397 e. The minimum Gasteiger partial charge on any atom is -0.397 e. The number of rotatable bonds is 2. The maximum Gasteiger partial charge on any atom is 0.189 e. The van der Waals surface area contributed by atoms with Crippen LogP contribution in [0.2, 0.25) is 5.02 Å². The van der Waals surface area contributed by atoms with E-state index in [0.29, 0.717) is 22.1 Å². The van der Waals surface area contributed by atoms with Gasteiger partial charge in [-0.3, -0.25) is 0 Å². The van der Waals surface area contributed by atoms with Crippen molar-refractivity contribution >= 4 is 17.3 Å². The van der Waals surface area contributed by atoms with Gasteiger partial charge in [0.2, 0.25) is 0 Å². The number of aromatic nitrogens is 4. The number of para-hydroxylation sites is 1. The predicted octanol–water partition coefficient (Wildman–Crippen LogP) is 3.18. The number of anilines is 1. The number of nitrogens with zero attached hydrogens (tertiary/aromatic N) is 4. The molecule has 0 aliphatic heterocycles. The summed E-state index contributed by atoms with van der Waals surface area (Å²) in [4.78, 5) is 0. The van der Waals surface area contributed by atoms with E-state index in [1.807, 2.05) is 30.3 Å². The van der Waals surface area contributed by atoms with Gasteiger partial charge in [0, 0.05) is 5.56 Å². The molecular formula is C15H14ClN5. The topological polar surface area (TPSA) is 69.6 Å². The summed E-state index contributed by atoms with van der Waals surface area (Å²) in [6.07, 6.45) is 0. The van der Waals surface area contributed by atoms with Gasteiger partial charge in [0.05, 0.1) is 16.4 Å². The van der Waals surface area contributed by atoms with Crippen LogP contribution < -0.4 is 5.73 Å². The van der Waals surface area contributed by atoms with E-state index < -0.39 is 0 Å². The van der Waals surface area contributed by atoms with Crippen LogP contribution in [0, 0.1) is 13.8 Å². The van der Waals surface area contributed by atoms with E-state index in [4.69, 9.17) is 17.3 Å². The van der Waals surface area contributed by atoms with Gasteiger partial charge in [0.1, 0.15) is 0 Å². The monoisotopic (exact) mass is 299 g/mol. The van der Waals surface area contributed by atoms with Crippen molar-refractivity contribution < 1.29 is 0 Å². The van der Waals surface area contributed by atoms with Crippen molar-refractivity contribution in [2.45, 2.75) is 13.8 Å². The lowest BCUT2D eigenvalue weighted by molar-refractivity contribution is 0.790. The van der Waals surface area contributed by atoms with E-state index in [9.17, 15) is 0 Å². The number of hydrogen-bond donors (Lipinski definition) is 1. The molecule has 0 aliphatic rings. The van der Waals surface area contributed by atoms with Crippen molar-refractivity contribution in [1.82, 2.24) is 20.2 Å². The van der Waals surface area contributed by atoms with Crippen LogP contribution in [0.3, 0.4) is 0 Å². The summed E-state index contributed by atoms with van der Waals surface area (Å²) in [5, 5.41) is 12.4. The van der Waals surface area contributed by atoms with Crippen LogP contribution in [0.25, 0.3) is 17.1 Å². The summed E-state index contributed by atoms with van der Waals surface area (Å²) in [7, 11) is 0. The smallest absolute Gasteiger partial charge is 0.189 e. The molecule has 0 aliphatic carbocycles. The van der Waals surface area contributed by atoms with Crippen LogP contribution in [0.4, 0.5) is 5.69 Å². The van der Waals surface area contributed by atoms with Gasteiger partial charge in [-0.1, -0.05) is 23.7 Å². The number of tetrazole rings is 1. The van der Waals surface area contributed by atoms with Crippen LogP contribution >= 0.6 is 11.6 Å². The summed E-state index contributed by atoms with van der Waals surface area (Å²) in [6, 6.07) is 11.5. The standard InChI is InChI=1S/C15H14ClN5/c1-9-6-7-11(8-10(9)2)21-15(18-19-20-21)12-4-3-5-13(16)14(12)17/h3-8H,17H2,1-2H3. The first-order chi connectivity index (χ1) is 10.1.